The Hall–Kier alpha value is -0.980. The summed E-state index contributed by atoms with van der Waals surface area (Å²) in [6.45, 7) is 12.8. The molecule has 0 aromatic rings. The third-order valence-electron chi connectivity index (χ3n) is 2.65. The molecule has 0 aliphatic carbocycles. The van der Waals surface area contributed by atoms with Crippen molar-refractivity contribution < 1.29 is 0 Å². The van der Waals surface area contributed by atoms with E-state index in [0.717, 1.165) is 11.5 Å². The summed E-state index contributed by atoms with van der Waals surface area (Å²) in [6, 6.07) is 0. The van der Waals surface area contributed by atoms with Crippen LogP contribution in [-0.2, 0) is 0 Å². The van der Waals surface area contributed by atoms with Gasteiger partial charge in [-0.25, -0.2) is 0 Å². The fraction of sp³-hybridized carbons (Fsp3) is 0.538. The average molecular weight is 191 g/mol. The van der Waals surface area contributed by atoms with Gasteiger partial charge in [0.15, 0.2) is 0 Å². The normalized spacial score (nSPS) is 23.5. The molecular weight excluding hydrogens is 170 g/mol. The van der Waals surface area contributed by atoms with Gasteiger partial charge in [0.1, 0.15) is 0 Å². The van der Waals surface area contributed by atoms with Gasteiger partial charge in [0.2, 0.25) is 0 Å². The lowest BCUT2D eigenvalue weighted by Crippen LogP contribution is -2.20. The van der Waals surface area contributed by atoms with Crippen LogP contribution in [0.5, 0.6) is 0 Å². The summed E-state index contributed by atoms with van der Waals surface area (Å²) in [5.41, 5.74) is 2.46. The smallest absolute Gasteiger partial charge is 0.0389 e. The molecule has 1 nitrogen and oxygen atoms in total. The molecule has 1 unspecified atom stereocenters. The number of likely N-dealkylation sites (tertiary alicyclic amines) is 1. The highest BCUT2D eigenvalue weighted by molar-refractivity contribution is 5.29. The van der Waals surface area contributed by atoms with Crippen LogP contribution >= 0.6 is 0 Å². The molecule has 78 valence electrons. The number of allylic oxidation sites excluding steroid dienone is 4. The Morgan fingerprint density at radius 1 is 1.50 bits per heavy atom. The maximum atomic E-state index is 4.03. The van der Waals surface area contributed by atoms with Crippen LogP contribution in [0.2, 0.25) is 0 Å². The van der Waals surface area contributed by atoms with Crippen molar-refractivity contribution >= 4 is 0 Å². The summed E-state index contributed by atoms with van der Waals surface area (Å²) in [4.78, 5) is 2.44. The minimum Gasteiger partial charge on any atom is -0.371 e. The summed E-state index contributed by atoms with van der Waals surface area (Å²) >= 11 is 0. The maximum absolute atomic E-state index is 4.03. The summed E-state index contributed by atoms with van der Waals surface area (Å²) in [5.74, 6) is 0.823. The minimum absolute atomic E-state index is 0.823. The van der Waals surface area contributed by atoms with Gasteiger partial charge in [0, 0.05) is 18.8 Å². The first-order valence-electron chi connectivity index (χ1n) is 5.39. The first-order valence-corrected chi connectivity index (χ1v) is 5.39. The van der Waals surface area contributed by atoms with Gasteiger partial charge >= 0.3 is 0 Å². The Bertz CT molecular complexity index is 260. The predicted octanol–water partition coefficient (Wildman–Crippen LogP) is 3.36. The minimum atomic E-state index is 0.823. The van der Waals surface area contributed by atoms with Crippen LogP contribution in [0.4, 0.5) is 0 Å². The molecule has 1 heteroatoms. The van der Waals surface area contributed by atoms with Gasteiger partial charge < -0.3 is 4.90 Å². The van der Waals surface area contributed by atoms with Crippen molar-refractivity contribution in [2.75, 3.05) is 13.1 Å². The van der Waals surface area contributed by atoms with Crippen molar-refractivity contribution in [3.05, 3.63) is 36.1 Å². The molecule has 1 atom stereocenters. The van der Waals surface area contributed by atoms with E-state index in [1.165, 1.54) is 25.2 Å². The standard InChI is InChI=1S/C13H21N/c1-5-6-7-13(11(2)3)14-9-8-12(4)10-14/h5-7,12H,2,8-10H2,1,3-4H3/b6-5-,13-7+. The molecule has 0 N–H and O–H groups in total. The molecule has 0 aromatic heterocycles. The fourth-order valence-electron chi connectivity index (χ4n) is 1.86. The summed E-state index contributed by atoms with van der Waals surface area (Å²) in [7, 11) is 0. The van der Waals surface area contributed by atoms with Crippen molar-refractivity contribution in [1.29, 1.82) is 0 Å². The van der Waals surface area contributed by atoms with Crippen LogP contribution in [0.25, 0.3) is 0 Å². The SMILES string of the molecule is C=C(C)/C(=C\C=C/C)N1CCC(C)C1. The predicted molar refractivity (Wildman–Crippen MR) is 63.1 cm³/mol. The topological polar surface area (TPSA) is 3.24 Å². The first-order chi connectivity index (χ1) is 6.65. The summed E-state index contributed by atoms with van der Waals surface area (Å²) in [5, 5.41) is 0. The van der Waals surface area contributed by atoms with Crippen molar-refractivity contribution in [2.45, 2.75) is 27.2 Å². The zero-order valence-electron chi connectivity index (χ0n) is 9.59. The van der Waals surface area contributed by atoms with E-state index < -0.39 is 0 Å². The highest BCUT2D eigenvalue weighted by atomic mass is 15.2. The Morgan fingerprint density at radius 3 is 2.64 bits per heavy atom. The van der Waals surface area contributed by atoms with E-state index in [1.807, 2.05) is 6.92 Å². The molecule has 1 heterocycles. The van der Waals surface area contributed by atoms with Gasteiger partial charge in [0.05, 0.1) is 0 Å². The lowest BCUT2D eigenvalue weighted by atomic mass is 10.2. The first kappa shape index (κ1) is 11.1. The summed E-state index contributed by atoms with van der Waals surface area (Å²) < 4.78 is 0. The third-order valence-corrected chi connectivity index (χ3v) is 2.65. The van der Waals surface area contributed by atoms with Crippen molar-refractivity contribution in [1.82, 2.24) is 4.90 Å². The molecule has 1 rings (SSSR count). The van der Waals surface area contributed by atoms with E-state index >= 15 is 0 Å². The maximum Gasteiger partial charge on any atom is 0.0389 e. The van der Waals surface area contributed by atoms with E-state index in [9.17, 15) is 0 Å². The van der Waals surface area contributed by atoms with E-state index in [-0.39, 0.29) is 0 Å². The molecule has 0 spiro atoms. The summed E-state index contributed by atoms with van der Waals surface area (Å²) in [6.07, 6.45) is 7.62. The molecule has 0 amide bonds. The molecule has 0 radical (unpaired) electrons. The lowest BCUT2D eigenvalue weighted by Gasteiger charge is -2.21. The molecular formula is C13H21N. The van der Waals surface area contributed by atoms with Gasteiger partial charge in [-0.1, -0.05) is 25.7 Å². The molecule has 1 aliphatic rings. The molecule has 14 heavy (non-hydrogen) atoms. The Kier molecular flexibility index (Phi) is 3.99. The van der Waals surface area contributed by atoms with Crippen LogP contribution in [0.15, 0.2) is 36.1 Å². The second kappa shape index (κ2) is 5.04. The van der Waals surface area contributed by atoms with Crippen LogP contribution in [0.3, 0.4) is 0 Å². The Labute approximate surface area is 87.8 Å². The lowest BCUT2D eigenvalue weighted by molar-refractivity contribution is 0.418. The highest BCUT2D eigenvalue weighted by Gasteiger charge is 2.20. The number of rotatable bonds is 3. The zero-order valence-corrected chi connectivity index (χ0v) is 9.59. The highest BCUT2D eigenvalue weighted by Crippen LogP contribution is 2.23. The largest absolute Gasteiger partial charge is 0.371 e. The fourth-order valence-corrected chi connectivity index (χ4v) is 1.86. The van der Waals surface area contributed by atoms with Crippen LogP contribution < -0.4 is 0 Å². The van der Waals surface area contributed by atoms with E-state index in [1.54, 1.807) is 0 Å². The van der Waals surface area contributed by atoms with Crippen LogP contribution in [0, 0.1) is 5.92 Å². The molecule has 1 aliphatic heterocycles. The van der Waals surface area contributed by atoms with Gasteiger partial charge in [-0.15, -0.1) is 0 Å². The van der Waals surface area contributed by atoms with Gasteiger partial charge in [-0.3, -0.25) is 0 Å². The molecule has 1 fully saturated rings. The van der Waals surface area contributed by atoms with Gasteiger partial charge in [-0.2, -0.15) is 0 Å². The zero-order chi connectivity index (χ0) is 10.6. The molecule has 1 saturated heterocycles. The second-order valence-electron chi connectivity index (χ2n) is 4.20. The van der Waals surface area contributed by atoms with Crippen LogP contribution in [0.1, 0.15) is 27.2 Å². The van der Waals surface area contributed by atoms with E-state index in [4.69, 9.17) is 0 Å². The monoisotopic (exact) mass is 191 g/mol. The third kappa shape index (κ3) is 2.76. The average Bonchev–Trinajstić information content (AvgIpc) is 2.52. The number of hydrogen-bond acceptors (Lipinski definition) is 1. The number of hydrogen-bond donors (Lipinski definition) is 0. The van der Waals surface area contributed by atoms with E-state index in [2.05, 4.69) is 43.6 Å². The molecule has 0 saturated carbocycles. The Morgan fingerprint density at radius 2 is 2.21 bits per heavy atom. The van der Waals surface area contributed by atoms with Gasteiger partial charge in [0.25, 0.3) is 0 Å². The number of nitrogens with zero attached hydrogens (tertiary/aromatic N) is 1. The molecule has 0 aromatic carbocycles. The van der Waals surface area contributed by atoms with E-state index in [0.29, 0.717) is 0 Å². The van der Waals surface area contributed by atoms with Gasteiger partial charge in [-0.05, 0) is 37.8 Å². The van der Waals surface area contributed by atoms with Crippen molar-refractivity contribution in [2.24, 2.45) is 5.92 Å². The second-order valence-corrected chi connectivity index (χ2v) is 4.20. The quantitative estimate of drug-likeness (QED) is 0.618. The van der Waals surface area contributed by atoms with Crippen LogP contribution in [-0.4, -0.2) is 18.0 Å². The van der Waals surface area contributed by atoms with Crippen molar-refractivity contribution in [3.63, 3.8) is 0 Å². The Balaban J connectivity index is 2.73. The molecule has 0 bridgehead atoms. The van der Waals surface area contributed by atoms with Crippen molar-refractivity contribution in [3.8, 4) is 0 Å².